The van der Waals surface area contributed by atoms with E-state index in [1.54, 1.807) is 7.11 Å². The number of rotatable bonds is 8. The van der Waals surface area contributed by atoms with Gasteiger partial charge in [-0.15, -0.1) is 0 Å². The Balaban J connectivity index is 1.44. The number of methoxy groups -OCH3 is 1. The molecule has 2 aromatic heterocycles. The summed E-state index contributed by atoms with van der Waals surface area (Å²) < 4.78 is 18.7. The molecule has 2 fully saturated rings. The second-order valence-electron chi connectivity index (χ2n) is 8.74. The summed E-state index contributed by atoms with van der Waals surface area (Å²) in [6, 6.07) is 0. The number of likely N-dealkylation sites (tertiary alicyclic amines) is 1. The second kappa shape index (κ2) is 9.58. The monoisotopic (exact) mass is 417 g/mol. The summed E-state index contributed by atoms with van der Waals surface area (Å²) in [4.78, 5) is 7.42. The summed E-state index contributed by atoms with van der Waals surface area (Å²) in [5.41, 5.74) is 2.39. The van der Waals surface area contributed by atoms with E-state index in [4.69, 9.17) is 19.0 Å². The third kappa shape index (κ3) is 4.60. The van der Waals surface area contributed by atoms with Crippen LogP contribution in [0.4, 0.5) is 0 Å². The maximum atomic E-state index is 5.73. The predicted molar refractivity (Wildman–Crippen MR) is 112 cm³/mol. The Morgan fingerprint density at radius 2 is 2.00 bits per heavy atom. The van der Waals surface area contributed by atoms with Gasteiger partial charge in [-0.1, -0.05) is 5.16 Å². The van der Waals surface area contributed by atoms with E-state index < -0.39 is 0 Å². The normalized spacial score (nSPS) is 20.6. The summed E-state index contributed by atoms with van der Waals surface area (Å²) in [6.07, 6.45) is 7.07. The number of aryl methyl sites for hydroxylation is 2. The zero-order valence-electron chi connectivity index (χ0n) is 18.6. The van der Waals surface area contributed by atoms with Crippen LogP contribution in [-0.4, -0.2) is 64.8 Å². The van der Waals surface area contributed by atoms with Crippen LogP contribution in [0, 0.1) is 6.92 Å². The molecule has 0 radical (unpaired) electrons. The maximum Gasteiger partial charge on any atom is 0.229 e. The van der Waals surface area contributed by atoms with Crippen molar-refractivity contribution in [2.24, 2.45) is 0 Å². The van der Waals surface area contributed by atoms with Gasteiger partial charge in [0.05, 0.1) is 5.69 Å². The molecule has 0 bridgehead atoms. The SMILES string of the molecule is CCn1cc(CN2CCC(CCOC)(c3noc(C4CCOCC4)n3)CC2)c(C)n1. The van der Waals surface area contributed by atoms with Gasteiger partial charge < -0.3 is 14.0 Å². The van der Waals surface area contributed by atoms with E-state index >= 15 is 0 Å². The average molecular weight is 418 g/mol. The molecule has 2 saturated heterocycles. The highest BCUT2D eigenvalue weighted by Crippen LogP contribution is 2.38. The molecule has 4 rings (SSSR count). The molecule has 2 aromatic rings. The van der Waals surface area contributed by atoms with Crippen LogP contribution in [0.25, 0.3) is 0 Å². The third-order valence-electron chi connectivity index (χ3n) is 6.85. The summed E-state index contributed by atoms with van der Waals surface area (Å²) >= 11 is 0. The van der Waals surface area contributed by atoms with E-state index in [2.05, 4.69) is 35.2 Å². The zero-order chi connectivity index (χ0) is 21.0. The molecule has 0 atom stereocenters. The fourth-order valence-corrected chi connectivity index (χ4v) is 4.70. The van der Waals surface area contributed by atoms with Crippen LogP contribution in [0.2, 0.25) is 0 Å². The first-order chi connectivity index (χ1) is 14.6. The van der Waals surface area contributed by atoms with Crippen molar-refractivity contribution in [1.29, 1.82) is 0 Å². The molecule has 8 nitrogen and oxygen atoms in total. The zero-order valence-corrected chi connectivity index (χ0v) is 18.6. The maximum absolute atomic E-state index is 5.73. The van der Waals surface area contributed by atoms with Gasteiger partial charge in [-0.3, -0.25) is 9.58 Å². The van der Waals surface area contributed by atoms with Crippen molar-refractivity contribution in [1.82, 2.24) is 24.8 Å². The molecular weight excluding hydrogens is 382 g/mol. The van der Waals surface area contributed by atoms with Crippen molar-refractivity contribution < 1.29 is 14.0 Å². The quantitative estimate of drug-likeness (QED) is 0.653. The minimum Gasteiger partial charge on any atom is -0.385 e. The van der Waals surface area contributed by atoms with Gasteiger partial charge in [0, 0.05) is 63.1 Å². The van der Waals surface area contributed by atoms with Crippen LogP contribution in [-0.2, 0) is 28.0 Å². The first-order valence-electron chi connectivity index (χ1n) is 11.3. The lowest BCUT2D eigenvalue weighted by Gasteiger charge is -2.39. The molecule has 0 spiro atoms. The van der Waals surface area contributed by atoms with Gasteiger partial charge in [-0.25, -0.2) is 0 Å². The van der Waals surface area contributed by atoms with Gasteiger partial charge in [0.15, 0.2) is 5.82 Å². The number of aromatic nitrogens is 4. The molecule has 166 valence electrons. The van der Waals surface area contributed by atoms with Crippen LogP contribution in [0.3, 0.4) is 0 Å². The Labute approximate surface area is 178 Å². The highest BCUT2D eigenvalue weighted by molar-refractivity contribution is 5.16. The minimum atomic E-state index is -0.0674. The first-order valence-corrected chi connectivity index (χ1v) is 11.3. The number of hydrogen-bond acceptors (Lipinski definition) is 7. The van der Waals surface area contributed by atoms with Gasteiger partial charge in [0.1, 0.15) is 0 Å². The Hall–Kier alpha value is -1.77. The summed E-state index contributed by atoms with van der Waals surface area (Å²) in [7, 11) is 1.76. The molecular formula is C22H35N5O3. The Kier molecular flexibility index (Phi) is 6.85. The van der Waals surface area contributed by atoms with Gasteiger partial charge >= 0.3 is 0 Å². The van der Waals surface area contributed by atoms with E-state index in [9.17, 15) is 0 Å². The fourth-order valence-electron chi connectivity index (χ4n) is 4.70. The minimum absolute atomic E-state index is 0.0674. The van der Waals surface area contributed by atoms with Crippen LogP contribution < -0.4 is 0 Å². The molecule has 2 aliphatic rings. The highest BCUT2D eigenvalue weighted by atomic mass is 16.5. The number of nitrogens with zero attached hydrogens (tertiary/aromatic N) is 5. The van der Waals surface area contributed by atoms with Gasteiger partial charge in [0.2, 0.25) is 5.89 Å². The van der Waals surface area contributed by atoms with Crippen LogP contribution in [0.15, 0.2) is 10.7 Å². The molecule has 0 saturated carbocycles. The molecule has 8 heteroatoms. The van der Waals surface area contributed by atoms with Crippen molar-refractivity contribution in [3.05, 3.63) is 29.2 Å². The molecule has 30 heavy (non-hydrogen) atoms. The molecule has 0 aromatic carbocycles. The topological polar surface area (TPSA) is 78.4 Å². The molecule has 0 N–H and O–H groups in total. The summed E-state index contributed by atoms with van der Waals surface area (Å²) in [6.45, 7) is 10.4. The lowest BCUT2D eigenvalue weighted by Crippen LogP contribution is -2.43. The first kappa shape index (κ1) is 21.5. The van der Waals surface area contributed by atoms with E-state index in [1.165, 1.54) is 5.56 Å². The fraction of sp³-hybridized carbons (Fsp3) is 0.773. The van der Waals surface area contributed by atoms with Crippen LogP contribution in [0.5, 0.6) is 0 Å². The standard InChI is InChI=1S/C22H35N5O3/c1-4-27-16-19(17(2)24-27)15-26-10-7-22(8-11-26,9-14-28-3)21-23-20(30-25-21)18-5-12-29-13-6-18/h16,18H,4-15H2,1-3H3. The van der Waals surface area contributed by atoms with E-state index in [1.807, 2.05) is 4.68 Å². The molecule has 2 aliphatic heterocycles. The van der Waals surface area contributed by atoms with Crippen molar-refractivity contribution in [2.75, 3.05) is 40.0 Å². The number of hydrogen-bond donors (Lipinski definition) is 0. The van der Waals surface area contributed by atoms with Crippen molar-refractivity contribution >= 4 is 0 Å². The lowest BCUT2D eigenvalue weighted by molar-refractivity contribution is 0.0778. The van der Waals surface area contributed by atoms with Gasteiger partial charge in [-0.2, -0.15) is 10.1 Å². The smallest absolute Gasteiger partial charge is 0.229 e. The Morgan fingerprint density at radius 1 is 1.23 bits per heavy atom. The van der Waals surface area contributed by atoms with E-state index in [0.717, 1.165) is 88.9 Å². The summed E-state index contributed by atoms with van der Waals surface area (Å²) in [5, 5.41) is 9.05. The van der Waals surface area contributed by atoms with Crippen molar-refractivity contribution in [3.63, 3.8) is 0 Å². The third-order valence-corrected chi connectivity index (χ3v) is 6.85. The molecule has 4 heterocycles. The van der Waals surface area contributed by atoms with Crippen LogP contribution >= 0.6 is 0 Å². The van der Waals surface area contributed by atoms with Crippen molar-refractivity contribution in [2.45, 2.75) is 70.4 Å². The van der Waals surface area contributed by atoms with Crippen molar-refractivity contribution in [3.8, 4) is 0 Å². The van der Waals surface area contributed by atoms with Gasteiger partial charge in [-0.05, 0) is 59.0 Å². The lowest BCUT2D eigenvalue weighted by atomic mass is 9.75. The highest BCUT2D eigenvalue weighted by Gasteiger charge is 2.40. The van der Waals surface area contributed by atoms with Crippen LogP contribution in [0.1, 0.15) is 67.9 Å². The summed E-state index contributed by atoms with van der Waals surface area (Å²) in [5.74, 6) is 1.99. The predicted octanol–water partition coefficient (Wildman–Crippen LogP) is 3.06. The molecule has 0 amide bonds. The van der Waals surface area contributed by atoms with Gasteiger partial charge in [0.25, 0.3) is 0 Å². The number of piperidine rings is 1. The van der Waals surface area contributed by atoms with E-state index in [0.29, 0.717) is 12.5 Å². The molecule has 0 unspecified atom stereocenters. The second-order valence-corrected chi connectivity index (χ2v) is 8.74. The van der Waals surface area contributed by atoms with E-state index in [-0.39, 0.29) is 5.41 Å². The Bertz CT molecular complexity index is 804. The number of ether oxygens (including phenoxy) is 2. The average Bonchev–Trinajstić information content (AvgIpc) is 3.42. The Morgan fingerprint density at radius 3 is 2.67 bits per heavy atom. The largest absolute Gasteiger partial charge is 0.385 e. The molecule has 0 aliphatic carbocycles.